The molecule has 0 saturated carbocycles. The van der Waals surface area contributed by atoms with Crippen LogP contribution < -0.4 is 15.0 Å². The fourth-order valence-electron chi connectivity index (χ4n) is 2.95. The summed E-state index contributed by atoms with van der Waals surface area (Å²) in [6, 6.07) is 13.5. The van der Waals surface area contributed by atoms with Gasteiger partial charge < -0.3 is 14.2 Å². The number of nitriles is 1. The zero-order valence-electron chi connectivity index (χ0n) is 16.8. The summed E-state index contributed by atoms with van der Waals surface area (Å²) >= 11 is 0. The molecule has 3 aromatic rings. The van der Waals surface area contributed by atoms with E-state index in [9.17, 15) is 9.59 Å². The van der Waals surface area contributed by atoms with Crippen LogP contribution in [0.15, 0.2) is 47.3 Å². The Labute approximate surface area is 173 Å². The van der Waals surface area contributed by atoms with Gasteiger partial charge in [0.15, 0.2) is 17.3 Å². The molecule has 3 rings (SSSR count). The lowest BCUT2D eigenvalue weighted by Gasteiger charge is -2.13. The number of esters is 1. The maximum Gasteiger partial charge on any atom is 0.338 e. The highest BCUT2D eigenvalue weighted by Gasteiger charge is 2.16. The molecule has 1 aromatic heterocycles. The third-order valence-electron chi connectivity index (χ3n) is 4.28. The molecule has 30 heavy (non-hydrogen) atoms. The molecule has 0 N–H and O–H groups in total. The number of ether oxygens (including phenoxy) is 3. The van der Waals surface area contributed by atoms with Crippen molar-refractivity contribution in [2.45, 2.75) is 27.0 Å². The van der Waals surface area contributed by atoms with E-state index in [0.29, 0.717) is 35.6 Å². The minimum absolute atomic E-state index is 0.193. The summed E-state index contributed by atoms with van der Waals surface area (Å²) in [6.45, 7) is 4.13. The van der Waals surface area contributed by atoms with Crippen LogP contribution in [0.5, 0.6) is 11.5 Å². The van der Waals surface area contributed by atoms with Crippen molar-refractivity contribution in [1.82, 2.24) is 9.55 Å². The van der Waals surface area contributed by atoms with Crippen LogP contribution in [0.25, 0.3) is 10.9 Å². The van der Waals surface area contributed by atoms with Crippen molar-refractivity contribution < 1.29 is 19.0 Å². The van der Waals surface area contributed by atoms with Gasteiger partial charge in [0, 0.05) is 0 Å². The van der Waals surface area contributed by atoms with E-state index < -0.39 is 5.97 Å². The average Bonchev–Trinajstić information content (AvgIpc) is 2.76. The molecule has 0 aliphatic heterocycles. The molecule has 154 valence electrons. The van der Waals surface area contributed by atoms with Crippen LogP contribution in [-0.2, 0) is 17.9 Å². The predicted molar refractivity (Wildman–Crippen MR) is 110 cm³/mol. The second kappa shape index (κ2) is 9.56. The highest BCUT2D eigenvalue weighted by Crippen LogP contribution is 2.29. The Morgan fingerprint density at radius 3 is 2.57 bits per heavy atom. The number of benzene rings is 2. The Morgan fingerprint density at radius 2 is 1.83 bits per heavy atom. The van der Waals surface area contributed by atoms with Gasteiger partial charge in [0.25, 0.3) is 5.56 Å². The number of rotatable bonds is 8. The minimum Gasteiger partial charge on any atom is -0.490 e. The number of para-hydroxylation sites is 1. The second-order valence-corrected chi connectivity index (χ2v) is 6.20. The molecule has 8 nitrogen and oxygen atoms in total. The molecule has 0 unspecified atom stereocenters. The lowest BCUT2D eigenvalue weighted by molar-refractivity contribution is 0.0456. The second-order valence-electron chi connectivity index (χ2n) is 6.20. The van der Waals surface area contributed by atoms with Gasteiger partial charge in [0.05, 0.1) is 35.7 Å². The summed E-state index contributed by atoms with van der Waals surface area (Å²) in [7, 11) is 0. The van der Waals surface area contributed by atoms with Crippen molar-refractivity contribution >= 4 is 16.9 Å². The number of nitrogens with zero attached hydrogens (tertiary/aromatic N) is 3. The van der Waals surface area contributed by atoms with Gasteiger partial charge in [-0.2, -0.15) is 5.26 Å². The zero-order chi connectivity index (χ0) is 21.5. The fourth-order valence-corrected chi connectivity index (χ4v) is 2.95. The Kier molecular flexibility index (Phi) is 6.65. The summed E-state index contributed by atoms with van der Waals surface area (Å²) in [4.78, 5) is 29.6. The first-order valence-corrected chi connectivity index (χ1v) is 9.51. The number of carbonyl (C=O) groups is 1. The third kappa shape index (κ3) is 4.41. The van der Waals surface area contributed by atoms with Gasteiger partial charge in [-0.05, 0) is 44.2 Å². The Hall–Kier alpha value is -3.86. The topological polar surface area (TPSA) is 103 Å². The van der Waals surface area contributed by atoms with Gasteiger partial charge in [-0.25, -0.2) is 9.78 Å². The molecule has 1 heterocycles. The van der Waals surface area contributed by atoms with Crippen LogP contribution in [0.3, 0.4) is 0 Å². The lowest BCUT2D eigenvalue weighted by Crippen LogP contribution is -2.26. The van der Waals surface area contributed by atoms with E-state index in [-0.39, 0.29) is 30.1 Å². The van der Waals surface area contributed by atoms with Gasteiger partial charge in [0.1, 0.15) is 13.2 Å². The first-order chi connectivity index (χ1) is 14.6. The molecule has 0 fully saturated rings. The smallest absolute Gasteiger partial charge is 0.338 e. The molecule has 8 heteroatoms. The van der Waals surface area contributed by atoms with Crippen LogP contribution in [0.1, 0.15) is 30.0 Å². The normalized spacial score (nSPS) is 10.4. The zero-order valence-corrected chi connectivity index (χ0v) is 16.8. The van der Waals surface area contributed by atoms with Gasteiger partial charge in [0.2, 0.25) is 0 Å². The Balaban J connectivity index is 1.86. The molecule has 0 amide bonds. The first-order valence-electron chi connectivity index (χ1n) is 9.51. The van der Waals surface area contributed by atoms with Crippen molar-refractivity contribution in [3.05, 3.63) is 64.2 Å². The first kappa shape index (κ1) is 20.9. The molecule has 0 spiro atoms. The lowest BCUT2D eigenvalue weighted by atomic mass is 10.2. The van der Waals surface area contributed by atoms with E-state index in [1.807, 2.05) is 19.9 Å². The Bertz CT molecular complexity index is 1160. The van der Waals surface area contributed by atoms with Crippen LogP contribution in [-0.4, -0.2) is 28.7 Å². The highest BCUT2D eigenvalue weighted by atomic mass is 16.5. The van der Waals surface area contributed by atoms with Gasteiger partial charge in [-0.1, -0.05) is 12.1 Å². The number of hydrogen-bond acceptors (Lipinski definition) is 7. The van der Waals surface area contributed by atoms with E-state index >= 15 is 0 Å². The van der Waals surface area contributed by atoms with E-state index in [1.165, 1.54) is 4.57 Å². The monoisotopic (exact) mass is 407 g/mol. The summed E-state index contributed by atoms with van der Waals surface area (Å²) in [5, 5.41) is 9.47. The molecule has 0 aliphatic carbocycles. The van der Waals surface area contributed by atoms with Crippen molar-refractivity contribution in [2.24, 2.45) is 0 Å². The fraction of sp³-hybridized carbons (Fsp3) is 0.273. The van der Waals surface area contributed by atoms with Crippen molar-refractivity contribution in [3.8, 4) is 17.6 Å². The number of aromatic nitrogens is 2. The number of hydrogen-bond donors (Lipinski definition) is 0. The van der Waals surface area contributed by atoms with Crippen molar-refractivity contribution in [2.75, 3.05) is 13.2 Å². The molecule has 2 aromatic carbocycles. The molecule has 0 saturated heterocycles. The maximum absolute atomic E-state index is 12.7. The van der Waals surface area contributed by atoms with E-state index in [1.54, 1.807) is 42.5 Å². The quantitative estimate of drug-likeness (QED) is 0.529. The molecule has 0 bridgehead atoms. The summed E-state index contributed by atoms with van der Waals surface area (Å²) in [6.07, 6.45) is 0. The molecular weight excluding hydrogens is 386 g/mol. The van der Waals surface area contributed by atoms with E-state index in [4.69, 9.17) is 19.5 Å². The highest BCUT2D eigenvalue weighted by molar-refractivity contribution is 5.90. The summed E-state index contributed by atoms with van der Waals surface area (Å²) < 4.78 is 17.6. The summed E-state index contributed by atoms with van der Waals surface area (Å²) in [5.41, 5.74) is 0.396. The molecule has 0 atom stereocenters. The van der Waals surface area contributed by atoms with E-state index in [2.05, 4.69) is 4.98 Å². The van der Waals surface area contributed by atoms with Crippen LogP contribution in [0.2, 0.25) is 0 Å². The maximum atomic E-state index is 12.7. The van der Waals surface area contributed by atoms with Gasteiger partial charge in [-0.15, -0.1) is 0 Å². The Morgan fingerprint density at radius 1 is 1.10 bits per heavy atom. The molecular formula is C22H21N3O5. The standard InChI is InChI=1S/C22H21N3O5/c1-3-28-18-10-9-15(13-19(18)29-4-2)22(27)30-14-20-24-17-8-6-5-7-16(17)21(26)25(20)12-11-23/h5-10,13H,3-4,12,14H2,1-2H3. The van der Waals surface area contributed by atoms with Crippen molar-refractivity contribution in [1.29, 1.82) is 5.26 Å². The van der Waals surface area contributed by atoms with Crippen LogP contribution in [0, 0.1) is 11.3 Å². The molecule has 0 radical (unpaired) electrons. The van der Waals surface area contributed by atoms with Crippen molar-refractivity contribution in [3.63, 3.8) is 0 Å². The third-order valence-corrected chi connectivity index (χ3v) is 4.28. The largest absolute Gasteiger partial charge is 0.490 e. The van der Waals surface area contributed by atoms with Crippen LogP contribution in [0.4, 0.5) is 0 Å². The van der Waals surface area contributed by atoms with Gasteiger partial charge in [-0.3, -0.25) is 9.36 Å². The predicted octanol–water partition coefficient (Wildman–Crippen LogP) is 3.07. The van der Waals surface area contributed by atoms with E-state index in [0.717, 1.165) is 0 Å². The average molecular weight is 407 g/mol. The summed E-state index contributed by atoms with van der Waals surface area (Å²) in [5.74, 6) is 0.573. The minimum atomic E-state index is -0.607. The number of carbonyl (C=O) groups excluding carboxylic acids is 1. The SMILES string of the molecule is CCOc1ccc(C(=O)OCc2nc3ccccc3c(=O)n2CC#N)cc1OCC. The van der Waals surface area contributed by atoms with Crippen LogP contribution >= 0.6 is 0 Å². The number of fused-ring (bicyclic) bond motifs is 1. The molecule has 0 aliphatic rings. The van der Waals surface area contributed by atoms with Gasteiger partial charge >= 0.3 is 5.97 Å².